The molecular weight excluding hydrogens is 318 g/mol. The van der Waals surface area contributed by atoms with E-state index in [4.69, 9.17) is 25.8 Å². The number of ether oxygens (including phenoxy) is 3. The van der Waals surface area contributed by atoms with Crippen LogP contribution in [0.15, 0.2) is 36.4 Å². The van der Waals surface area contributed by atoms with Gasteiger partial charge in [0.25, 0.3) is 5.91 Å². The number of nitrogens with one attached hydrogen (secondary N) is 1. The molecule has 0 fully saturated rings. The third-order valence-electron chi connectivity index (χ3n) is 3.48. The largest absolute Gasteiger partial charge is 0.493 e. The molecule has 0 aromatic heterocycles. The highest BCUT2D eigenvalue weighted by atomic mass is 35.5. The van der Waals surface area contributed by atoms with Crippen LogP contribution in [0.1, 0.15) is 29.1 Å². The monoisotopic (exact) mass is 333 g/mol. The Hall–Kier alpha value is -2.40. The van der Waals surface area contributed by atoms with E-state index in [2.05, 4.69) is 5.32 Å². The summed E-state index contributed by atoms with van der Waals surface area (Å²) in [5.41, 5.74) is 1.19. The van der Waals surface area contributed by atoms with Crippen LogP contribution in [0.3, 0.4) is 0 Å². The topological polar surface area (TPSA) is 56.8 Å². The van der Waals surface area contributed by atoms with Crippen molar-refractivity contribution >= 4 is 17.5 Å². The van der Waals surface area contributed by atoms with Gasteiger partial charge in [-0.1, -0.05) is 23.7 Å². The normalized spacial score (nSPS) is 16.1. The first-order valence-corrected chi connectivity index (χ1v) is 7.58. The second-order valence-corrected chi connectivity index (χ2v) is 5.34. The van der Waals surface area contributed by atoms with E-state index < -0.39 is 6.23 Å². The fraction of sp³-hybridized carbons (Fsp3) is 0.235. The number of fused-ring (bicyclic) bond motifs is 1. The van der Waals surface area contributed by atoms with Gasteiger partial charge in [0.1, 0.15) is 5.75 Å². The fourth-order valence-corrected chi connectivity index (χ4v) is 2.71. The maximum absolute atomic E-state index is 12.2. The lowest BCUT2D eigenvalue weighted by Gasteiger charge is -2.27. The van der Waals surface area contributed by atoms with E-state index in [9.17, 15) is 4.79 Å². The molecular formula is C17H16ClNO4. The van der Waals surface area contributed by atoms with Gasteiger partial charge in [-0.25, -0.2) is 0 Å². The Bertz CT molecular complexity index is 747. The number of para-hydroxylation sites is 1. The van der Waals surface area contributed by atoms with Gasteiger partial charge in [-0.05, 0) is 31.2 Å². The number of rotatable bonds is 4. The van der Waals surface area contributed by atoms with E-state index in [0.717, 1.165) is 0 Å². The zero-order chi connectivity index (χ0) is 16.4. The third kappa shape index (κ3) is 2.92. The van der Waals surface area contributed by atoms with Crippen molar-refractivity contribution < 1.29 is 19.0 Å². The quantitative estimate of drug-likeness (QED) is 0.929. The summed E-state index contributed by atoms with van der Waals surface area (Å²) in [7, 11) is 1.54. The van der Waals surface area contributed by atoms with Crippen molar-refractivity contribution in [3.8, 4) is 17.2 Å². The molecule has 5 nitrogen and oxygen atoms in total. The Labute approximate surface area is 139 Å². The van der Waals surface area contributed by atoms with E-state index in [-0.39, 0.29) is 5.91 Å². The second-order valence-electron chi connectivity index (χ2n) is 4.93. The standard InChI is InChI=1S/C17H16ClNO4/c1-3-22-15-12(18)8-10(9-14(15)21-2)17-19-16(20)11-6-4-5-7-13(11)23-17/h4-9,17H,3H2,1-2H3,(H,19,20)/t17-/m1/s1. The molecule has 0 radical (unpaired) electrons. The molecule has 1 amide bonds. The molecule has 0 bridgehead atoms. The van der Waals surface area contributed by atoms with Gasteiger partial charge >= 0.3 is 0 Å². The van der Waals surface area contributed by atoms with Gasteiger partial charge < -0.3 is 19.5 Å². The Balaban J connectivity index is 1.97. The van der Waals surface area contributed by atoms with Crippen LogP contribution < -0.4 is 19.5 Å². The van der Waals surface area contributed by atoms with Crippen molar-refractivity contribution in [1.82, 2.24) is 5.32 Å². The fourth-order valence-electron chi connectivity index (χ4n) is 2.44. The number of carbonyl (C=O) groups excluding carboxylic acids is 1. The second kappa shape index (κ2) is 6.38. The SMILES string of the molecule is CCOc1c(Cl)cc([C@@H]2NC(=O)c3ccccc3O2)cc1OC. The van der Waals surface area contributed by atoms with E-state index in [1.54, 1.807) is 30.3 Å². The highest BCUT2D eigenvalue weighted by Gasteiger charge is 2.27. The van der Waals surface area contributed by atoms with E-state index in [1.807, 2.05) is 13.0 Å². The first kappa shape index (κ1) is 15.5. The molecule has 120 valence electrons. The highest BCUT2D eigenvalue weighted by Crippen LogP contribution is 2.39. The van der Waals surface area contributed by atoms with E-state index in [1.165, 1.54) is 7.11 Å². The lowest BCUT2D eigenvalue weighted by Crippen LogP contribution is -2.36. The molecule has 2 aromatic rings. The molecule has 1 atom stereocenters. The predicted octanol–water partition coefficient (Wildman–Crippen LogP) is 3.57. The maximum atomic E-state index is 12.2. The lowest BCUT2D eigenvalue weighted by atomic mass is 10.1. The van der Waals surface area contributed by atoms with Crippen molar-refractivity contribution in [3.05, 3.63) is 52.5 Å². The number of halogens is 1. The molecule has 2 aromatic carbocycles. The van der Waals surface area contributed by atoms with Crippen LogP contribution in [0.25, 0.3) is 0 Å². The molecule has 1 aliphatic rings. The number of methoxy groups -OCH3 is 1. The summed E-state index contributed by atoms with van der Waals surface area (Å²) in [5.74, 6) is 1.31. The molecule has 6 heteroatoms. The number of amides is 1. The van der Waals surface area contributed by atoms with Gasteiger partial charge in [0.05, 0.1) is 24.3 Å². The minimum Gasteiger partial charge on any atom is -0.493 e. The van der Waals surface area contributed by atoms with E-state index >= 15 is 0 Å². The van der Waals surface area contributed by atoms with Gasteiger partial charge in [0.2, 0.25) is 0 Å². The minimum atomic E-state index is -0.639. The summed E-state index contributed by atoms with van der Waals surface area (Å²) in [5, 5.41) is 3.20. The van der Waals surface area contributed by atoms with Crippen LogP contribution in [0.4, 0.5) is 0 Å². The number of benzene rings is 2. The third-order valence-corrected chi connectivity index (χ3v) is 3.76. The van der Waals surface area contributed by atoms with Crippen molar-refractivity contribution in [1.29, 1.82) is 0 Å². The Morgan fingerprint density at radius 3 is 2.83 bits per heavy atom. The average molecular weight is 334 g/mol. The van der Waals surface area contributed by atoms with Gasteiger partial charge in [-0.15, -0.1) is 0 Å². The molecule has 23 heavy (non-hydrogen) atoms. The van der Waals surface area contributed by atoms with Crippen molar-refractivity contribution in [2.75, 3.05) is 13.7 Å². The number of carbonyl (C=O) groups is 1. The van der Waals surface area contributed by atoms with Gasteiger partial charge in [0, 0.05) is 5.56 Å². The summed E-state index contributed by atoms with van der Waals surface area (Å²) in [6.45, 7) is 2.34. The van der Waals surface area contributed by atoms with Gasteiger partial charge in [-0.2, -0.15) is 0 Å². The molecule has 3 rings (SSSR count). The highest BCUT2D eigenvalue weighted by molar-refractivity contribution is 6.32. The maximum Gasteiger partial charge on any atom is 0.258 e. The van der Waals surface area contributed by atoms with E-state index in [0.29, 0.717) is 40.0 Å². The number of hydrogen-bond acceptors (Lipinski definition) is 4. The van der Waals surface area contributed by atoms with Crippen LogP contribution in [0.2, 0.25) is 5.02 Å². The van der Waals surface area contributed by atoms with Crippen LogP contribution in [-0.4, -0.2) is 19.6 Å². The van der Waals surface area contributed by atoms with Crippen LogP contribution in [-0.2, 0) is 0 Å². The molecule has 1 heterocycles. The average Bonchev–Trinajstić information content (AvgIpc) is 2.56. The summed E-state index contributed by atoms with van der Waals surface area (Å²) >= 11 is 6.27. The Morgan fingerprint density at radius 2 is 2.09 bits per heavy atom. The minimum absolute atomic E-state index is 0.194. The van der Waals surface area contributed by atoms with Gasteiger partial charge in [-0.3, -0.25) is 4.79 Å². The first-order chi connectivity index (χ1) is 11.1. The summed E-state index contributed by atoms with van der Waals surface area (Å²) in [6.07, 6.45) is -0.639. The van der Waals surface area contributed by atoms with Crippen LogP contribution in [0, 0.1) is 0 Å². The van der Waals surface area contributed by atoms with Crippen LogP contribution in [0.5, 0.6) is 17.2 Å². The molecule has 0 saturated carbocycles. The summed E-state index contributed by atoms with van der Waals surface area (Å²) < 4.78 is 16.7. The molecule has 0 spiro atoms. The van der Waals surface area contributed by atoms with Crippen molar-refractivity contribution in [2.24, 2.45) is 0 Å². The van der Waals surface area contributed by atoms with Crippen LogP contribution >= 0.6 is 11.6 Å². The van der Waals surface area contributed by atoms with Gasteiger partial charge in [0.15, 0.2) is 17.7 Å². The molecule has 1 aliphatic heterocycles. The smallest absolute Gasteiger partial charge is 0.258 e. The molecule has 0 saturated heterocycles. The zero-order valence-corrected chi connectivity index (χ0v) is 13.5. The summed E-state index contributed by atoms with van der Waals surface area (Å²) in [6, 6.07) is 10.5. The summed E-state index contributed by atoms with van der Waals surface area (Å²) in [4.78, 5) is 12.2. The predicted molar refractivity (Wildman–Crippen MR) is 86.5 cm³/mol. The zero-order valence-electron chi connectivity index (χ0n) is 12.8. The molecule has 0 unspecified atom stereocenters. The number of hydrogen-bond donors (Lipinski definition) is 1. The molecule has 0 aliphatic carbocycles. The molecule has 1 N–H and O–H groups in total. The lowest BCUT2D eigenvalue weighted by molar-refractivity contribution is 0.0755. The van der Waals surface area contributed by atoms with Crippen molar-refractivity contribution in [2.45, 2.75) is 13.2 Å². The Kier molecular flexibility index (Phi) is 4.30. The first-order valence-electron chi connectivity index (χ1n) is 7.20. The van der Waals surface area contributed by atoms with Crippen molar-refractivity contribution in [3.63, 3.8) is 0 Å². The Morgan fingerprint density at radius 1 is 1.30 bits per heavy atom.